The van der Waals surface area contributed by atoms with Crippen molar-refractivity contribution in [3.8, 4) is 0 Å². The van der Waals surface area contributed by atoms with Gasteiger partial charge in [-0.05, 0) is 12.1 Å². The van der Waals surface area contributed by atoms with E-state index in [2.05, 4.69) is 9.72 Å². The third kappa shape index (κ3) is 3.32. The zero-order chi connectivity index (χ0) is 11.3. The Kier molecular flexibility index (Phi) is 3.79. The highest BCUT2D eigenvalue weighted by molar-refractivity contribution is 7.91. The van der Waals surface area contributed by atoms with Crippen molar-refractivity contribution in [1.29, 1.82) is 0 Å². The van der Waals surface area contributed by atoms with E-state index in [0.29, 0.717) is 0 Å². The van der Waals surface area contributed by atoms with Gasteiger partial charge in [-0.15, -0.1) is 0 Å². The van der Waals surface area contributed by atoms with E-state index in [0.717, 1.165) is 0 Å². The summed E-state index contributed by atoms with van der Waals surface area (Å²) < 4.78 is 27.5. The molecule has 1 heterocycles. The van der Waals surface area contributed by atoms with Gasteiger partial charge in [-0.3, -0.25) is 4.79 Å². The van der Waals surface area contributed by atoms with Crippen LogP contribution in [-0.2, 0) is 19.4 Å². The minimum atomic E-state index is -3.48. The fourth-order valence-corrected chi connectivity index (χ4v) is 2.11. The van der Waals surface area contributed by atoms with Crippen LogP contribution in [0.2, 0.25) is 0 Å². The summed E-state index contributed by atoms with van der Waals surface area (Å²) in [5.41, 5.74) is 0. The Balaban J connectivity index is 2.73. The monoisotopic (exact) mass is 229 g/mol. The summed E-state index contributed by atoms with van der Waals surface area (Å²) >= 11 is 0. The number of sulfone groups is 1. The van der Waals surface area contributed by atoms with Crippen molar-refractivity contribution < 1.29 is 17.9 Å². The molecule has 1 aromatic rings. The Morgan fingerprint density at radius 3 is 2.73 bits per heavy atom. The molecule has 0 spiro atoms. The standard InChI is InChI=1S/C9H11NO4S/c1-14-9(11)5-7-15(12,13)8-4-2-3-6-10-8/h2-4,6H,5,7H2,1H3. The lowest BCUT2D eigenvalue weighted by atomic mass is 10.5. The van der Waals surface area contributed by atoms with Crippen LogP contribution in [0.15, 0.2) is 29.4 Å². The number of carbonyl (C=O) groups is 1. The molecule has 0 saturated carbocycles. The lowest BCUT2D eigenvalue weighted by Crippen LogP contribution is -2.13. The van der Waals surface area contributed by atoms with Crippen molar-refractivity contribution in [1.82, 2.24) is 4.98 Å². The minimum absolute atomic E-state index is 0.0195. The Morgan fingerprint density at radius 1 is 1.47 bits per heavy atom. The van der Waals surface area contributed by atoms with Crippen LogP contribution in [0, 0.1) is 0 Å². The fourth-order valence-electron chi connectivity index (χ4n) is 0.955. The molecule has 0 saturated heterocycles. The number of esters is 1. The lowest BCUT2D eigenvalue weighted by molar-refractivity contribution is -0.140. The molecule has 0 fully saturated rings. The van der Waals surface area contributed by atoms with Crippen LogP contribution in [0.5, 0.6) is 0 Å². The van der Waals surface area contributed by atoms with Gasteiger partial charge in [-0.25, -0.2) is 13.4 Å². The average molecular weight is 229 g/mol. The molecule has 82 valence electrons. The van der Waals surface area contributed by atoms with Crippen LogP contribution < -0.4 is 0 Å². The van der Waals surface area contributed by atoms with Crippen LogP contribution in [0.25, 0.3) is 0 Å². The molecule has 0 aromatic carbocycles. The molecule has 0 unspecified atom stereocenters. The van der Waals surface area contributed by atoms with Crippen molar-refractivity contribution in [2.45, 2.75) is 11.4 Å². The second kappa shape index (κ2) is 4.88. The third-order valence-electron chi connectivity index (χ3n) is 1.76. The van der Waals surface area contributed by atoms with Crippen LogP contribution in [0.1, 0.15) is 6.42 Å². The van der Waals surface area contributed by atoms with E-state index in [-0.39, 0.29) is 17.2 Å². The lowest BCUT2D eigenvalue weighted by Gasteiger charge is -2.01. The van der Waals surface area contributed by atoms with Crippen LogP contribution in [0.4, 0.5) is 0 Å². The van der Waals surface area contributed by atoms with E-state index in [1.54, 1.807) is 12.1 Å². The van der Waals surface area contributed by atoms with Gasteiger partial charge in [0.2, 0.25) is 0 Å². The zero-order valence-electron chi connectivity index (χ0n) is 8.21. The maximum Gasteiger partial charge on any atom is 0.306 e. The third-order valence-corrected chi connectivity index (χ3v) is 3.38. The second-order valence-electron chi connectivity index (χ2n) is 2.81. The molecule has 0 radical (unpaired) electrons. The smallest absolute Gasteiger partial charge is 0.306 e. The van der Waals surface area contributed by atoms with Crippen LogP contribution >= 0.6 is 0 Å². The first-order valence-electron chi connectivity index (χ1n) is 4.27. The van der Waals surface area contributed by atoms with Crippen molar-refractivity contribution in [3.05, 3.63) is 24.4 Å². The molecule has 0 bridgehead atoms. The van der Waals surface area contributed by atoms with Gasteiger partial charge >= 0.3 is 5.97 Å². The van der Waals surface area contributed by atoms with Crippen molar-refractivity contribution in [2.75, 3.05) is 12.9 Å². The minimum Gasteiger partial charge on any atom is -0.469 e. The first-order chi connectivity index (χ1) is 7.06. The number of aromatic nitrogens is 1. The first-order valence-corrected chi connectivity index (χ1v) is 5.92. The Labute approximate surface area is 88.0 Å². The second-order valence-corrected chi connectivity index (χ2v) is 4.87. The molecular formula is C9H11NO4S. The van der Waals surface area contributed by atoms with E-state index in [9.17, 15) is 13.2 Å². The summed E-state index contributed by atoms with van der Waals surface area (Å²) in [7, 11) is -2.26. The maximum atomic E-state index is 11.6. The summed E-state index contributed by atoms with van der Waals surface area (Å²) in [4.78, 5) is 14.5. The highest BCUT2D eigenvalue weighted by Gasteiger charge is 2.17. The van der Waals surface area contributed by atoms with Crippen molar-refractivity contribution in [2.24, 2.45) is 0 Å². The summed E-state index contributed by atoms with van der Waals surface area (Å²) in [6, 6.07) is 4.60. The first kappa shape index (κ1) is 11.6. The molecule has 5 nitrogen and oxygen atoms in total. The number of hydrogen-bond acceptors (Lipinski definition) is 5. The topological polar surface area (TPSA) is 73.3 Å². The maximum absolute atomic E-state index is 11.6. The molecule has 0 N–H and O–H groups in total. The van der Waals surface area contributed by atoms with Gasteiger partial charge in [-0.1, -0.05) is 6.07 Å². The molecule has 0 amide bonds. The molecule has 1 aromatic heterocycles. The number of ether oxygens (including phenoxy) is 1. The van der Waals surface area contributed by atoms with E-state index in [1.165, 1.54) is 19.4 Å². The van der Waals surface area contributed by atoms with E-state index in [1.807, 2.05) is 0 Å². The zero-order valence-corrected chi connectivity index (χ0v) is 9.03. The van der Waals surface area contributed by atoms with Crippen molar-refractivity contribution >= 4 is 15.8 Å². The number of pyridine rings is 1. The number of carbonyl (C=O) groups excluding carboxylic acids is 1. The molecule has 0 aliphatic rings. The quantitative estimate of drug-likeness (QED) is 0.699. The summed E-state index contributed by atoms with van der Waals surface area (Å²) in [6.45, 7) is 0. The number of nitrogens with zero attached hydrogens (tertiary/aromatic N) is 1. The Bertz CT molecular complexity index is 427. The fraction of sp³-hybridized carbons (Fsp3) is 0.333. The normalized spacial score (nSPS) is 11.0. The van der Waals surface area contributed by atoms with Gasteiger partial charge in [0, 0.05) is 6.20 Å². The van der Waals surface area contributed by atoms with Gasteiger partial charge < -0.3 is 4.74 Å². The molecule has 15 heavy (non-hydrogen) atoms. The van der Waals surface area contributed by atoms with E-state index in [4.69, 9.17) is 0 Å². The SMILES string of the molecule is COC(=O)CCS(=O)(=O)c1ccccn1. The highest BCUT2D eigenvalue weighted by Crippen LogP contribution is 2.07. The van der Waals surface area contributed by atoms with Gasteiger partial charge in [0.15, 0.2) is 14.9 Å². The Morgan fingerprint density at radius 2 is 2.20 bits per heavy atom. The number of methoxy groups -OCH3 is 1. The van der Waals surface area contributed by atoms with Crippen LogP contribution in [-0.4, -0.2) is 32.2 Å². The average Bonchev–Trinajstić information content (AvgIpc) is 2.27. The molecular weight excluding hydrogens is 218 g/mol. The Hall–Kier alpha value is -1.43. The molecule has 0 atom stereocenters. The molecule has 6 heteroatoms. The molecule has 0 aliphatic carbocycles. The van der Waals surface area contributed by atoms with Gasteiger partial charge in [-0.2, -0.15) is 0 Å². The summed E-state index contributed by atoms with van der Waals surface area (Å²) in [5.74, 6) is -0.828. The number of rotatable bonds is 4. The van der Waals surface area contributed by atoms with Crippen LogP contribution in [0.3, 0.4) is 0 Å². The predicted octanol–water partition coefficient (Wildman–Crippen LogP) is 0.418. The van der Waals surface area contributed by atoms with Gasteiger partial charge in [0.05, 0.1) is 19.3 Å². The highest BCUT2D eigenvalue weighted by atomic mass is 32.2. The number of hydrogen-bond donors (Lipinski definition) is 0. The molecule has 0 aliphatic heterocycles. The molecule has 1 rings (SSSR count). The largest absolute Gasteiger partial charge is 0.469 e. The van der Waals surface area contributed by atoms with E-state index >= 15 is 0 Å². The predicted molar refractivity (Wildman–Crippen MR) is 52.9 cm³/mol. The summed E-state index contributed by atoms with van der Waals surface area (Å²) in [5, 5.41) is -0.0195. The van der Waals surface area contributed by atoms with Crippen molar-refractivity contribution in [3.63, 3.8) is 0 Å². The summed E-state index contributed by atoms with van der Waals surface area (Å²) in [6.07, 6.45) is 1.24. The van der Waals surface area contributed by atoms with E-state index < -0.39 is 15.8 Å². The van der Waals surface area contributed by atoms with Gasteiger partial charge in [0.25, 0.3) is 0 Å². The van der Waals surface area contributed by atoms with Gasteiger partial charge in [0.1, 0.15) is 0 Å².